The lowest BCUT2D eigenvalue weighted by molar-refractivity contribution is 0.559. The Hall–Kier alpha value is -1.32. The zero-order chi connectivity index (χ0) is 9.84. The van der Waals surface area contributed by atoms with Crippen LogP contribution in [0.1, 0.15) is 20.8 Å². The third kappa shape index (κ3) is 2.89. The Balaban J connectivity index is 2.69. The van der Waals surface area contributed by atoms with Crippen LogP contribution in [0.5, 0.6) is 0 Å². The highest BCUT2D eigenvalue weighted by molar-refractivity contribution is 5.39. The molecule has 0 amide bonds. The third-order valence-electron chi connectivity index (χ3n) is 2.06. The Kier molecular flexibility index (Phi) is 3.06. The molecule has 1 aromatic heterocycles. The van der Waals surface area contributed by atoms with Crippen LogP contribution in [0.3, 0.4) is 0 Å². The van der Waals surface area contributed by atoms with Gasteiger partial charge in [-0.3, -0.25) is 4.79 Å². The van der Waals surface area contributed by atoms with Crippen LogP contribution in [0.4, 0.5) is 5.69 Å². The quantitative estimate of drug-likeness (QED) is 0.737. The average Bonchev–Trinajstić information content (AvgIpc) is 2.04. The number of hydrogen-bond acceptors (Lipinski definition) is 3. The van der Waals surface area contributed by atoms with Crippen molar-refractivity contribution in [3.63, 3.8) is 0 Å². The van der Waals surface area contributed by atoms with Crippen molar-refractivity contribution >= 4 is 5.69 Å². The van der Waals surface area contributed by atoms with Crippen molar-refractivity contribution in [3.05, 3.63) is 22.6 Å². The number of nitrogens with zero attached hydrogens (tertiary/aromatic N) is 1. The summed E-state index contributed by atoms with van der Waals surface area (Å²) >= 11 is 0. The van der Waals surface area contributed by atoms with Crippen molar-refractivity contribution in [1.29, 1.82) is 0 Å². The molecule has 1 heterocycles. The summed E-state index contributed by atoms with van der Waals surface area (Å²) in [7, 11) is 0. The van der Waals surface area contributed by atoms with Gasteiger partial charge < -0.3 is 5.32 Å². The molecule has 1 rings (SSSR count). The molecule has 1 unspecified atom stereocenters. The summed E-state index contributed by atoms with van der Waals surface area (Å²) in [4.78, 5) is 10.9. The van der Waals surface area contributed by atoms with E-state index >= 15 is 0 Å². The molecule has 0 spiro atoms. The Morgan fingerprint density at radius 1 is 1.46 bits per heavy atom. The summed E-state index contributed by atoms with van der Waals surface area (Å²) in [5.74, 6) is 0.527. The molecular weight excluding hydrogens is 166 g/mol. The molecule has 2 N–H and O–H groups in total. The second kappa shape index (κ2) is 4.07. The van der Waals surface area contributed by atoms with Crippen molar-refractivity contribution in [2.75, 3.05) is 5.32 Å². The molecule has 0 aromatic carbocycles. The molecule has 0 aliphatic carbocycles. The highest BCUT2D eigenvalue weighted by Gasteiger charge is 2.06. The molecule has 13 heavy (non-hydrogen) atoms. The van der Waals surface area contributed by atoms with Crippen molar-refractivity contribution in [2.24, 2.45) is 5.92 Å². The molecule has 1 aromatic rings. The third-order valence-corrected chi connectivity index (χ3v) is 2.06. The maximum Gasteiger partial charge on any atom is 0.266 e. The Labute approximate surface area is 77.4 Å². The summed E-state index contributed by atoms with van der Waals surface area (Å²) in [5, 5.41) is 9.22. The standard InChI is InChI=1S/C9H15N3O/c1-6(2)7(3)11-8-4-9(13)12-10-5-8/h4-7H,1-3H3,(H2,11,12,13). The van der Waals surface area contributed by atoms with Crippen LogP contribution in [-0.2, 0) is 0 Å². The van der Waals surface area contributed by atoms with Crippen LogP contribution >= 0.6 is 0 Å². The van der Waals surface area contributed by atoms with Gasteiger partial charge in [0.1, 0.15) is 0 Å². The normalized spacial score (nSPS) is 12.9. The molecule has 0 saturated heterocycles. The SMILES string of the molecule is CC(C)C(C)Nc1cn[nH]c(=O)c1. The smallest absolute Gasteiger partial charge is 0.266 e. The van der Waals surface area contributed by atoms with Crippen molar-refractivity contribution < 1.29 is 0 Å². The topological polar surface area (TPSA) is 57.8 Å². The number of nitrogens with one attached hydrogen (secondary N) is 2. The minimum atomic E-state index is -0.180. The van der Waals surface area contributed by atoms with Crippen LogP contribution in [0.2, 0.25) is 0 Å². The largest absolute Gasteiger partial charge is 0.381 e. The number of rotatable bonds is 3. The molecule has 1 atom stereocenters. The maximum atomic E-state index is 10.9. The molecule has 72 valence electrons. The highest BCUT2D eigenvalue weighted by atomic mass is 16.1. The van der Waals surface area contributed by atoms with Crippen LogP contribution < -0.4 is 10.9 Å². The number of hydrogen-bond donors (Lipinski definition) is 2. The van der Waals surface area contributed by atoms with Gasteiger partial charge in [-0.25, -0.2) is 5.10 Å². The Morgan fingerprint density at radius 3 is 2.69 bits per heavy atom. The summed E-state index contributed by atoms with van der Waals surface area (Å²) in [6.45, 7) is 6.32. The van der Waals surface area contributed by atoms with Gasteiger partial charge in [0.2, 0.25) is 0 Å². The monoisotopic (exact) mass is 181 g/mol. The number of aromatic nitrogens is 2. The van der Waals surface area contributed by atoms with Gasteiger partial charge in [0, 0.05) is 12.1 Å². The molecule has 0 saturated carbocycles. The van der Waals surface area contributed by atoms with E-state index in [0.717, 1.165) is 5.69 Å². The molecule has 4 heteroatoms. The van der Waals surface area contributed by atoms with E-state index in [-0.39, 0.29) is 5.56 Å². The van der Waals surface area contributed by atoms with E-state index in [1.54, 1.807) is 6.20 Å². The van der Waals surface area contributed by atoms with Crippen LogP contribution in [-0.4, -0.2) is 16.2 Å². The zero-order valence-corrected chi connectivity index (χ0v) is 8.16. The average molecular weight is 181 g/mol. The van der Waals surface area contributed by atoms with E-state index < -0.39 is 0 Å². The molecular formula is C9H15N3O. The first-order valence-corrected chi connectivity index (χ1v) is 4.41. The number of aromatic amines is 1. The van der Waals surface area contributed by atoms with Gasteiger partial charge >= 0.3 is 0 Å². The first kappa shape index (κ1) is 9.77. The van der Waals surface area contributed by atoms with E-state index in [0.29, 0.717) is 12.0 Å². The van der Waals surface area contributed by atoms with E-state index in [1.807, 2.05) is 0 Å². The highest BCUT2D eigenvalue weighted by Crippen LogP contribution is 2.08. The van der Waals surface area contributed by atoms with Gasteiger partial charge in [0.05, 0.1) is 11.9 Å². The predicted octanol–water partition coefficient (Wildman–Crippen LogP) is 1.23. The maximum absolute atomic E-state index is 10.9. The zero-order valence-electron chi connectivity index (χ0n) is 8.16. The van der Waals surface area contributed by atoms with Gasteiger partial charge in [-0.05, 0) is 12.8 Å². The lowest BCUT2D eigenvalue weighted by Gasteiger charge is -2.17. The van der Waals surface area contributed by atoms with Crippen LogP contribution in [0.15, 0.2) is 17.1 Å². The molecule has 0 bridgehead atoms. The van der Waals surface area contributed by atoms with E-state index in [9.17, 15) is 4.79 Å². The van der Waals surface area contributed by atoms with Gasteiger partial charge in [-0.1, -0.05) is 13.8 Å². The van der Waals surface area contributed by atoms with Gasteiger partial charge in [-0.2, -0.15) is 5.10 Å². The fourth-order valence-corrected chi connectivity index (χ4v) is 0.885. The minimum Gasteiger partial charge on any atom is -0.381 e. The predicted molar refractivity (Wildman–Crippen MR) is 52.8 cm³/mol. The second-order valence-electron chi connectivity index (χ2n) is 3.51. The Bertz CT molecular complexity index is 319. The molecule has 0 aliphatic heterocycles. The van der Waals surface area contributed by atoms with Crippen LogP contribution in [0, 0.1) is 5.92 Å². The van der Waals surface area contributed by atoms with E-state index in [1.165, 1.54) is 6.07 Å². The van der Waals surface area contributed by atoms with E-state index in [2.05, 4.69) is 36.3 Å². The summed E-state index contributed by atoms with van der Waals surface area (Å²) in [5.41, 5.74) is 0.589. The molecule has 0 aliphatic rings. The Morgan fingerprint density at radius 2 is 2.15 bits per heavy atom. The summed E-state index contributed by atoms with van der Waals surface area (Å²) < 4.78 is 0. The first-order valence-electron chi connectivity index (χ1n) is 4.41. The number of anilines is 1. The van der Waals surface area contributed by atoms with Crippen molar-refractivity contribution in [3.8, 4) is 0 Å². The fourth-order valence-electron chi connectivity index (χ4n) is 0.885. The lowest BCUT2D eigenvalue weighted by atomic mass is 10.1. The summed E-state index contributed by atoms with van der Waals surface area (Å²) in [6.07, 6.45) is 1.61. The van der Waals surface area contributed by atoms with E-state index in [4.69, 9.17) is 0 Å². The van der Waals surface area contributed by atoms with Gasteiger partial charge in [0.15, 0.2) is 0 Å². The van der Waals surface area contributed by atoms with Crippen molar-refractivity contribution in [2.45, 2.75) is 26.8 Å². The van der Waals surface area contributed by atoms with Crippen molar-refractivity contribution in [1.82, 2.24) is 10.2 Å². The van der Waals surface area contributed by atoms with Gasteiger partial charge in [-0.15, -0.1) is 0 Å². The fraction of sp³-hybridized carbons (Fsp3) is 0.556. The second-order valence-corrected chi connectivity index (χ2v) is 3.51. The summed E-state index contributed by atoms with van der Waals surface area (Å²) in [6, 6.07) is 1.84. The number of H-pyrrole nitrogens is 1. The first-order chi connectivity index (χ1) is 6.09. The van der Waals surface area contributed by atoms with Crippen LogP contribution in [0.25, 0.3) is 0 Å². The minimum absolute atomic E-state index is 0.180. The molecule has 0 fully saturated rings. The lowest BCUT2D eigenvalue weighted by Crippen LogP contribution is -2.22. The molecule has 0 radical (unpaired) electrons. The molecule has 4 nitrogen and oxygen atoms in total. The van der Waals surface area contributed by atoms with Gasteiger partial charge in [0.25, 0.3) is 5.56 Å².